The zero-order valence-electron chi connectivity index (χ0n) is 14.9. The van der Waals surface area contributed by atoms with Crippen molar-refractivity contribution in [1.82, 2.24) is 14.9 Å². The molecule has 7 heteroatoms. The van der Waals surface area contributed by atoms with Crippen LogP contribution in [-0.4, -0.2) is 21.4 Å². The van der Waals surface area contributed by atoms with Crippen molar-refractivity contribution in [2.24, 2.45) is 0 Å². The van der Waals surface area contributed by atoms with Gasteiger partial charge in [-0.2, -0.15) is 0 Å². The number of carbonyl (C=O) groups excluding carboxylic acids is 2. The molecule has 1 aromatic carbocycles. The van der Waals surface area contributed by atoms with Crippen LogP contribution in [-0.2, 0) is 11.3 Å². The third kappa shape index (κ3) is 3.83. The predicted molar refractivity (Wildman–Crippen MR) is 103 cm³/mol. The quantitative estimate of drug-likeness (QED) is 0.724. The van der Waals surface area contributed by atoms with Gasteiger partial charge in [-0.15, -0.1) is 11.3 Å². The summed E-state index contributed by atoms with van der Waals surface area (Å²) >= 11 is 1.53. The molecule has 134 valence electrons. The Hall–Kier alpha value is -2.93. The van der Waals surface area contributed by atoms with Crippen LogP contribution in [0.4, 0.5) is 5.69 Å². The van der Waals surface area contributed by atoms with Crippen LogP contribution in [0.3, 0.4) is 0 Å². The van der Waals surface area contributed by atoms with Crippen molar-refractivity contribution >= 4 is 28.8 Å². The van der Waals surface area contributed by atoms with E-state index in [4.69, 9.17) is 0 Å². The molecule has 0 aliphatic heterocycles. The molecule has 0 saturated carbocycles. The van der Waals surface area contributed by atoms with Crippen molar-refractivity contribution in [3.8, 4) is 5.13 Å². The molecule has 2 N–H and O–H groups in total. The van der Waals surface area contributed by atoms with Gasteiger partial charge in [0.15, 0.2) is 5.13 Å². The molecule has 3 rings (SSSR count). The molecular formula is C19H20N4O2S. The van der Waals surface area contributed by atoms with Crippen molar-refractivity contribution in [2.75, 3.05) is 5.32 Å². The van der Waals surface area contributed by atoms with Gasteiger partial charge in [0.1, 0.15) is 0 Å². The van der Waals surface area contributed by atoms with Gasteiger partial charge < -0.3 is 10.6 Å². The Morgan fingerprint density at radius 1 is 1.23 bits per heavy atom. The number of amides is 2. The third-order valence-corrected chi connectivity index (χ3v) is 4.74. The van der Waals surface area contributed by atoms with Crippen LogP contribution in [0, 0.1) is 13.8 Å². The van der Waals surface area contributed by atoms with Crippen LogP contribution in [0.1, 0.15) is 34.2 Å². The smallest absolute Gasteiger partial charge is 0.253 e. The van der Waals surface area contributed by atoms with Gasteiger partial charge in [-0.25, -0.2) is 4.98 Å². The lowest BCUT2D eigenvalue weighted by Crippen LogP contribution is -2.23. The molecule has 0 atom stereocenters. The van der Waals surface area contributed by atoms with Crippen LogP contribution >= 0.6 is 11.3 Å². The summed E-state index contributed by atoms with van der Waals surface area (Å²) in [5.41, 5.74) is 4.09. The second-order valence-electron chi connectivity index (χ2n) is 6.00. The van der Waals surface area contributed by atoms with Crippen LogP contribution in [0.25, 0.3) is 5.13 Å². The lowest BCUT2D eigenvalue weighted by Gasteiger charge is -2.08. The molecule has 0 unspecified atom stereocenters. The number of rotatable bonds is 5. The maximum absolute atomic E-state index is 12.6. The van der Waals surface area contributed by atoms with Gasteiger partial charge in [0.25, 0.3) is 5.91 Å². The number of hydrogen-bond acceptors (Lipinski definition) is 4. The monoisotopic (exact) mass is 368 g/mol. The second kappa shape index (κ2) is 7.53. The van der Waals surface area contributed by atoms with E-state index in [-0.39, 0.29) is 11.8 Å². The molecule has 0 saturated heterocycles. The summed E-state index contributed by atoms with van der Waals surface area (Å²) in [6.07, 6.45) is 1.75. The third-order valence-electron chi connectivity index (χ3n) is 3.99. The summed E-state index contributed by atoms with van der Waals surface area (Å²) in [6, 6.07) is 9.29. The Morgan fingerprint density at radius 2 is 2.04 bits per heavy atom. The van der Waals surface area contributed by atoms with E-state index in [9.17, 15) is 9.59 Å². The van der Waals surface area contributed by atoms with E-state index in [2.05, 4.69) is 15.6 Å². The highest BCUT2D eigenvalue weighted by atomic mass is 32.1. The fourth-order valence-corrected chi connectivity index (χ4v) is 3.60. The SMILES string of the molecule is CC(=O)Nc1cccc(CNC(=O)c2cc(C)n(-c3nccs3)c2C)c1. The highest BCUT2D eigenvalue weighted by Crippen LogP contribution is 2.22. The summed E-state index contributed by atoms with van der Waals surface area (Å²) < 4.78 is 1.98. The standard InChI is InChI=1S/C19H20N4O2S/c1-12-9-17(13(2)23(12)19-20-7-8-26-19)18(25)21-11-15-5-4-6-16(10-15)22-14(3)24/h4-10H,11H2,1-3H3,(H,21,25)(H,22,24). The summed E-state index contributed by atoms with van der Waals surface area (Å²) in [6.45, 7) is 5.72. The maximum Gasteiger partial charge on any atom is 0.253 e. The Kier molecular flexibility index (Phi) is 5.18. The zero-order valence-corrected chi connectivity index (χ0v) is 15.7. The molecule has 2 aromatic heterocycles. The van der Waals surface area contributed by atoms with Gasteiger partial charge in [-0.05, 0) is 37.6 Å². The van der Waals surface area contributed by atoms with Gasteiger partial charge in [-0.1, -0.05) is 12.1 Å². The van der Waals surface area contributed by atoms with Crippen LogP contribution in [0.2, 0.25) is 0 Å². The molecule has 0 spiro atoms. The van der Waals surface area contributed by atoms with Crippen LogP contribution in [0.15, 0.2) is 41.9 Å². The highest BCUT2D eigenvalue weighted by Gasteiger charge is 2.17. The van der Waals surface area contributed by atoms with Crippen molar-refractivity contribution in [3.63, 3.8) is 0 Å². The van der Waals surface area contributed by atoms with E-state index < -0.39 is 0 Å². The number of nitrogens with zero attached hydrogens (tertiary/aromatic N) is 2. The first-order chi connectivity index (χ1) is 12.5. The molecular weight excluding hydrogens is 348 g/mol. The van der Waals surface area contributed by atoms with Crippen molar-refractivity contribution in [2.45, 2.75) is 27.3 Å². The molecule has 2 heterocycles. The number of nitrogens with one attached hydrogen (secondary N) is 2. The van der Waals surface area contributed by atoms with Gasteiger partial charge in [0.05, 0.1) is 5.56 Å². The normalized spacial score (nSPS) is 10.6. The van der Waals surface area contributed by atoms with Crippen molar-refractivity contribution in [3.05, 3.63) is 64.4 Å². The number of aryl methyl sites for hydroxylation is 1. The topological polar surface area (TPSA) is 76.0 Å². The van der Waals surface area contributed by atoms with Crippen LogP contribution in [0.5, 0.6) is 0 Å². The summed E-state index contributed by atoms with van der Waals surface area (Å²) in [7, 11) is 0. The Balaban J connectivity index is 1.73. The average molecular weight is 368 g/mol. The minimum absolute atomic E-state index is 0.124. The Morgan fingerprint density at radius 3 is 2.73 bits per heavy atom. The van der Waals surface area contributed by atoms with Gasteiger partial charge in [-0.3, -0.25) is 14.2 Å². The highest BCUT2D eigenvalue weighted by molar-refractivity contribution is 7.12. The molecule has 6 nitrogen and oxygen atoms in total. The fraction of sp³-hybridized carbons (Fsp3) is 0.211. The summed E-state index contributed by atoms with van der Waals surface area (Å²) in [4.78, 5) is 28.1. The first-order valence-electron chi connectivity index (χ1n) is 8.19. The number of carbonyl (C=O) groups is 2. The van der Waals surface area contributed by atoms with Gasteiger partial charge in [0, 0.05) is 42.1 Å². The first-order valence-corrected chi connectivity index (χ1v) is 9.07. The van der Waals surface area contributed by atoms with E-state index >= 15 is 0 Å². The van der Waals surface area contributed by atoms with E-state index in [0.717, 1.165) is 22.1 Å². The minimum Gasteiger partial charge on any atom is -0.348 e. The predicted octanol–water partition coefficient (Wildman–Crippen LogP) is 3.44. The first kappa shape index (κ1) is 17.9. The maximum atomic E-state index is 12.6. The number of thiazole rings is 1. The molecule has 0 radical (unpaired) electrons. The molecule has 0 bridgehead atoms. The lowest BCUT2D eigenvalue weighted by molar-refractivity contribution is -0.114. The number of hydrogen-bond donors (Lipinski definition) is 2. The Bertz CT molecular complexity index is 945. The van der Waals surface area contributed by atoms with Gasteiger partial charge in [0.2, 0.25) is 5.91 Å². The molecule has 0 aliphatic rings. The number of anilines is 1. The zero-order chi connectivity index (χ0) is 18.7. The largest absolute Gasteiger partial charge is 0.348 e. The van der Waals surface area contributed by atoms with Crippen LogP contribution < -0.4 is 10.6 Å². The second-order valence-corrected chi connectivity index (χ2v) is 6.87. The van der Waals surface area contributed by atoms with Gasteiger partial charge >= 0.3 is 0 Å². The number of aromatic nitrogens is 2. The van der Waals surface area contributed by atoms with Crippen molar-refractivity contribution < 1.29 is 9.59 Å². The molecule has 3 aromatic rings. The van der Waals surface area contributed by atoms with Crippen molar-refractivity contribution in [1.29, 1.82) is 0 Å². The average Bonchev–Trinajstić information content (AvgIpc) is 3.20. The van der Waals surface area contributed by atoms with E-state index in [1.54, 1.807) is 6.20 Å². The van der Waals surface area contributed by atoms with E-state index in [1.165, 1.54) is 18.3 Å². The summed E-state index contributed by atoms with van der Waals surface area (Å²) in [5.74, 6) is -0.258. The fourth-order valence-electron chi connectivity index (χ4n) is 2.85. The molecule has 0 fully saturated rings. The number of benzene rings is 1. The Labute approximate surface area is 155 Å². The molecule has 2 amide bonds. The molecule has 0 aliphatic carbocycles. The molecule has 26 heavy (non-hydrogen) atoms. The van der Waals surface area contributed by atoms with E-state index in [0.29, 0.717) is 17.8 Å². The lowest BCUT2D eigenvalue weighted by atomic mass is 10.2. The minimum atomic E-state index is -0.133. The van der Waals surface area contributed by atoms with E-state index in [1.807, 2.05) is 54.1 Å². The summed E-state index contributed by atoms with van der Waals surface area (Å²) in [5, 5.41) is 8.44.